The normalized spacial score (nSPS) is 14.4. The van der Waals surface area contributed by atoms with Gasteiger partial charge in [0.05, 0.1) is 13.2 Å². The molecule has 1 aromatic heterocycles. The van der Waals surface area contributed by atoms with Gasteiger partial charge in [-0.3, -0.25) is 4.79 Å². The Morgan fingerprint density at radius 2 is 1.88 bits per heavy atom. The van der Waals surface area contributed by atoms with Crippen molar-refractivity contribution in [1.82, 2.24) is 10.3 Å². The number of hydrogen-bond acceptors (Lipinski definition) is 8. The Balaban J connectivity index is 2.25. The maximum atomic E-state index is 12.9. The molecule has 1 aromatic rings. The van der Waals surface area contributed by atoms with Gasteiger partial charge < -0.3 is 24.3 Å². The number of ether oxygens (including phenoxy) is 4. The predicted octanol–water partition coefficient (Wildman–Crippen LogP) is 3.85. The van der Waals surface area contributed by atoms with Crippen LogP contribution in [0.15, 0.2) is 30.5 Å². The Labute approximate surface area is 187 Å². The van der Waals surface area contributed by atoms with E-state index < -0.39 is 18.4 Å². The highest BCUT2D eigenvalue weighted by molar-refractivity contribution is 5.97. The summed E-state index contributed by atoms with van der Waals surface area (Å²) in [6, 6.07) is 3.13. The zero-order valence-corrected chi connectivity index (χ0v) is 19.1. The van der Waals surface area contributed by atoms with Crippen molar-refractivity contribution in [3.63, 3.8) is 0 Å². The van der Waals surface area contributed by atoms with Crippen molar-refractivity contribution in [2.45, 2.75) is 52.9 Å². The number of rotatable bonds is 10. The molecule has 0 saturated heterocycles. The predicted molar refractivity (Wildman–Crippen MR) is 117 cm³/mol. The third-order valence-electron chi connectivity index (χ3n) is 4.50. The number of carbonyl (C=O) groups excluding carboxylic acids is 3. The van der Waals surface area contributed by atoms with Crippen LogP contribution in [0.25, 0.3) is 5.57 Å². The highest BCUT2D eigenvalue weighted by atomic mass is 16.8. The number of carbonyl (C=O) groups is 3. The highest BCUT2D eigenvalue weighted by Crippen LogP contribution is 2.27. The largest absolute Gasteiger partial charge is 0.511 e. The van der Waals surface area contributed by atoms with Crippen molar-refractivity contribution < 1.29 is 33.3 Å². The number of hydrogen-bond donors (Lipinski definition) is 1. The van der Waals surface area contributed by atoms with E-state index in [1.54, 1.807) is 32.9 Å². The van der Waals surface area contributed by atoms with Gasteiger partial charge in [-0.2, -0.15) is 0 Å². The summed E-state index contributed by atoms with van der Waals surface area (Å²) in [4.78, 5) is 41.2. The average Bonchev–Trinajstić information content (AvgIpc) is 3.54. The molecule has 32 heavy (non-hydrogen) atoms. The first-order chi connectivity index (χ1) is 15.1. The van der Waals surface area contributed by atoms with E-state index >= 15 is 0 Å². The maximum absolute atomic E-state index is 12.9. The Kier molecular flexibility index (Phi) is 8.80. The first-order valence-corrected chi connectivity index (χ1v) is 10.4. The van der Waals surface area contributed by atoms with E-state index in [1.807, 2.05) is 0 Å². The average molecular weight is 447 g/mol. The first kappa shape index (κ1) is 24.9. The molecule has 1 amide bonds. The number of methoxy groups -OCH3 is 1. The number of pyridine rings is 1. The number of allylic oxidation sites excluding steroid dienone is 2. The van der Waals surface area contributed by atoms with E-state index in [2.05, 4.69) is 16.9 Å². The van der Waals surface area contributed by atoms with Gasteiger partial charge >= 0.3 is 12.1 Å². The molecule has 1 aliphatic rings. The van der Waals surface area contributed by atoms with Gasteiger partial charge in [-0.25, -0.2) is 14.6 Å². The van der Waals surface area contributed by atoms with E-state index in [0.717, 1.165) is 12.8 Å². The number of esters is 1. The lowest BCUT2D eigenvalue weighted by Gasteiger charge is -2.16. The molecule has 9 nitrogen and oxygen atoms in total. The van der Waals surface area contributed by atoms with Gasteiger partial charge in [-0.15, -0.1) is 0 Å². The molecule has 1 saturated carbocycles. The number of nitrogens with one attached hydrogen (secondary N) is 1. The van der Waals surface area contributed by atoms with Crippen LogP contribution in [0.2, 0.25) is 0 Å². The van der Waals surface area contributed by atoms with Crippen LogP contribution in [0, 0.1) is 5.92 Å². The molecule has 0 aromatic carbocycles. The summed E-state index contributed by atoms with van der Waals surface area (Å²) in [5.74, 6) is -0.375. The molecule has 1 N–H and O–H groups in total. The third kappa shape index (κ3) is 7.72. The summed E-state index contributed by atoms with van der Waals surface area (Å²) in [6.45, 7) is 10.8. The van der Waals surface area contributed by atoms with Crippen molar-refractivity contribution in [2.24, 2.45) is 5.92 Å². The number of aromatic nitrogens is 1. The molecule has 1 unspecified atom stereocenters. The summed E-state index contributed by atoms with van der Waals surface area (Å²) < 4.78 is 20.1. The van der Waals surface area contributed by atoms with Crippen molar-refractivity contribution in [1.29, 1.82) is 0 Å². The lowest BCUT2D eigenvalue weighted by atomic mass is 10.0. The van der Waals surface area contributed by atoms with Crippen molar-refractivity contribution in [2.75, 3.05) is 13.7 Å². The molecule has 0 bridgehead atoms. The highest BCUT2D eigenvalue weighted by Gasteiger charge is 2.25. The van der Waals surface area contributed by atoms with Crippen molar-refractivity contribution in [3.05, 3.63) is 47.5 Å². The van der Waals surface area contributed by atoms with Crippen LogP contribution in [-0.2, 0) is 18.9 Å². The van der Waals surface area contributed by atoms with Crippen LogP contribution < -0.4 is 5.32 Å². The smallest absolute Gasteiger partial charge is 0.497 e. The summed E-state index contributed by atoms with van der Waals surface area (Å²) in [5.41, 5.74) is 1.01. The van der Waals surface area contributed by atoms with Gasteiger partial charge in [-0.05, 0) is 63.3 Å². The zero-order valence-electron chi connectivity index (χ0n) is 19.1. The minimum atomic E-state index is -1.23. The van der Waals surface area contributed by atoms with Crippen LogP contribution in [0.3, 0.4) is 0 Å². The van der Waals surface area contributed by atoms with Crippen LogP contribution in [0.1, 0.15) is 67.1 Å². The summed E-state index contributed by atoms with van der Waals surface area (Å²) in [6.07, 6.45) is 1.23. The third-order valence-corrected chi connectivity index (χ3v) is 4.50. The second-order valence-electron chi connectivity index (χ2n) is 7.75. The Bertz CT molecular complexity index is 904. The number of nitrogens with zero attached hydrogens (tertiary/aromatic N) is 1. The van der Waals surface area contributed by atoms with Gasteiger partial charge in [0.15, 0.2) is 5.69 Å². The van der Waals surface area contributed by atoms with Gasteiger partial charge in [-0.1, -0.05) is 6.58 Å². The fraction of sp³-hybridized carbons (Fsp3) is 0.478. The van der Waals surface area contributed by atoms with Crippen molar-refractivity contribution in [3.8, 4) is 0 Å². The van der Waals surface area contributed by atoms with Crippen LogP contribution in [0.5, 0.6) is 0 Å². The molecular formula is C23H30N2O7. The number of amides is 1. The maximum Gasteiger partial charge on any atom is 0.511 e. The topological polar surface area (TPSA) is 113 Å². The Morgan fingerprint density at radius 3 is 2.47 bits per heavy atom. The first-order valence-electron chi connectivity index (χ1n) is 10.4. The van der Waals surface area contributed by atoms with Crippen LogP contribution in [0.4, 0.5) is 4.79 Å². The molecule has 1 atom stereocenters. The molecule has 0 aliphatic heterocycles. The molecule has 0 spiro atoms. The SMILES string of the molecule is C=C(/C=C(\C)c1ccc(C(=O)NCC2CC2)nc1C(=O)OC(C)OC(=O)OC(C)C)OC. The minimum absolute atomic E-state index is 0.0764. The fourth-order valence-corrected chi connectivity index (χ4v) is 2.67. The van der Waals surface area contributed by atoms with Gasteiger partial charge in [0.2, 0.25) is 6.29 Å². The lowest BCUT2D eigenvalue weighted by molar-refractivity contribution is -0.0869. The monoisotopic (exact) mass is 446 g/mol. The molecule has 0 radical (unpaired) electrons. The fourth-order valence-electron chi connectivity index (χ4n) is 2.67. The molecule has 174 valence electrons. The lowest BCUT2D eigenvalue weighted by Crippen LogP contribution is -2.28. The van der Waals surface area contributed by atoms with Crippen molar-refractivity contribution >= 4 is 23.6 Å². The molecular weight excluding hydrogens is 416 g/mol. The molecule has 1 fully saturated rings. The second-order valence-corrected chi connectivity index (χ2v) is 7.75. The van der Waals surface area contributed by atoms with E-state index in [-0.39, 0.29) is 23.4 Å². The quantitative estimate of drug-likeness (QED) is 0.250. The molecule has 9 heteroatoms. The van der Waals surface area contributed by atoms with E-state index in [1.165, 1.54) is 20.1 Å². The molecule has 1 aliphatic carbocycles. The van der Waals surface area contributed by atoms with E-state index in [4.69, 9.17) is 18.9 Å². The van der Waals surface area contributed by atoms with Gasteiger partial charge in [0.1, 0.15) is 11.5 Å². The summed E-state index contributed by atoms with van der Waals surface area (Å²) in [7, 11) is 1.47. The van der Waals surface area contributed by atoms with Gasteiger partial charge in [0.25, 0.3) is 5.91 Å². The van der Waals surface area contributed by atoms with E-state index in [0.29, 0.717) is 29.4 Å². The molecule has 2 rings (SSSR count). The zero-order chi connectivity index (χ0) is 23.8. The second kappa shape index (κ2) is 11.3. The van der Waals surface area contributed by atoms with Crippen LogP contribution >= 0.6 is 0 Å². The standard InChI is InChI=1S/C23H30N2O7/c1-13(2)30-23(28)32-16(5)31-22(27)20-18(14(3)11-15(4)29-6)9-10-19(25-20)21(26)24-12-17-7-8-17/h9-11,13,16-17H,4,7-8,12H2,1-3,5-6H3,(H,24,26)/b14-11+. The minimum Gasteiger partial charge on any atom is -0.497 e. The Hall–Kier alpha value is -3.36. The summed E-state index contributed by atoms with van der Waals surface area (Å²) >= 11 is 0. The van der Waals surface area contributed by atoms with Crippen LogP contribution in [-0.4, -0.2) is 49.1 Å². The molecule has 1 heterocycles. The summed E-state index contributed by atoms with van der Waals surface area (Å²) in [5, 5.41) is 2.81. The van der Waals surface area contributed by atoms with E-state index in [9.17, 15) is 14.4 Å². The van der Waals surface area contributed by atoms with Gasteiger partial charge in [0, 0.05) is 19.0 Å². The Morgan fingerprint density at radius 1 is 1.19 bits per heavy atom.